The zero-order chi connectivity index (χ0) is 11.6. The summed E-state index contributed by atoms with van der Waals surface area (Å²) in [6.45, 7) is 9.65. The molecule has 1 fully saturated rings. The molecule has 1 aromatic carbocycles. The molecule has 1 heterocycles. The van der Waals surface area contributed by atoms with Gasteiger partial charge in [-0.1, -0.05) is 30.3 Å². The predicted molar refractivity (Wildman–Crippen MR) is 66.5 cm³/mol. The van der Waals surface area contributed by atoms with Gasteiger partial charge in [0.2, 0.25) is 0 Å². The number of benzene rings is 1. The van der Waals surface area contributed by atoms with Crippen molar-refractivity contribution in [1.82, 2.24) is 4.90 Å². The fourth-order valence-electron chi connectivity index (χ4n) is 2.13. The molecule has 0 spiro atoms. The summed E-state index contributed by atoms with van der Waals surface area (Å²) in [6.07, 6.45) is 0.231. The van der Waals surface area contributed by atoms with Gasteiger partial charge in [0.05, 0.1) is 12.7 Å². The van der Waals surface area contributed by atoms with Crippen LogP contribution < -0.4 is 0 Å². The smallest absolute Gasteiger partial charge is 0.0952 e. The molecule has 2 rings (SSSR count). The highest BCUT2D eigenvalue weighted by atomic mass is 16.5. The van der Waals surface area contributed by atoms with Gasteiger partial charge in [-0.25, -0.2) is 0 Å². The fraction of sp³-hybridized carbons (Fsp3) is 0.571. The van der Waals surface area contributed by atoms with Gasteiger partial charge in [-0.05, 0) is 26.3 Å². The minimum Gasteiger partial charge on any atom is -0.371 e. The van der Waals surface area contributed by atoms with Crippen LogP contribution in [0.15, 0.2) is 30.3 Å². The lowest BCUT2D eigenvalue weighted by Gasteiger charge is -2.41. The van der Waals surface area contributed by atoms with Gasteiger partial charge >= 0.3 is 0 Å². The number of rotatable bonds is 1. The van der Waals surface area contributed by atoms with Crippen LogP contribution in [-0.4, -0.2) is 30.1 Å². The van der Waals surface area contributed by atoms with Gasteiger partial charge in [-0.3, -0.25) is 4.90 Å². The number of hydrogen-bond acceptors (Lipinski definition) is 2. The van der Waals surface area contributed by atoms with Crippen molar-refractivity contribution in [2.75, 3.05) is 19.7 Å². The summed E-state index contributed by atoms with van der Waals surface area (Å²) in [5.41, 5.74) is 1.52. The number of morpholine rings is 1. The Bertz CT molecular complexity index is 328. The molecule has 0 aliphatic carbocycles. The molecule has 0 unspecified atom stereocenters. The normalized spacial score (nSPS) is 23.3. The standard InChI is InChI=1S/C14H21NO/c1-14(2,3)15-9-10-16-13(11-15)12-7-5-4-6-8-12/h4-8,13H,9-11H2,1-3H3/t13-/m0/s1. The largest absolute Gasteiger partial charge is 0.371 e. The van der Waals surface area contributed by atoms with Crippen LogP contribution >= 0.6 is 0 Å². The van der Waals surface area contributed by atoms with Crippen LogP contribution in [0.4, 0.5) is 0 Å². The fourth-order valence-corrected chi connectivity index (χ4v) is 2.13. The van der Waals surface area contributed by atoms with E-state index in [1.165, 1.54) is 5.56 Å². The van der Waals surface area contributed by atoms with Crippen molar-refractivity contribution in [3.63, 3.8) is 0 Å². The summed E-state index contributed by atoms with van der Waals surface area (Å²) in [5, 5.41) is 0. The molecular weight excluding hydrogens is 198 g/mol. The second-order valence-corrected chi connectivity index (χ2v) is 5.39. The second-order valence-electron chi connectivity index (χ2n) is 5.39. The molecule has 1 aliphatic rings. The molecule has 0 amide bonds. The Kier molecular flexibility index (Phi) is 3.31. The van der Waals surface area contributed by atoms with Crippen molar-refractivity contribution in [3.05, 3.63) is 35.9 Å². The van der Waals surface area contributed by atoms with Crippen LogP contribution in [0.1, 0.15) is 32.4 Å². The quantitative estimate of drug-likeness (QED) is 0.720. The van der Waals surface area contributed by atoms with Crippen molar-refractivity contribution in [3.8, 4) is 0 Å². The molecule has 1 saturated heterocycles. The third-order valence-corrected chi connectivity index (χ3v) is 3.19. The summed E-state index contributed by atoms with van der Waals surface area (Å²) >= 11 is 0. The Morgan fingerprint density at radius 1 is 1.19 bits per heavy atom. The highest BCUT2D eigenvalue weighted by Crippen LogP contribution is 2.26. The van der Waals surface area contributed by atoms with E-state index in [1.54, 1.807) is 0 Å². The van der Waals surface area contributed by atoms with Crippen LogP contribution in [0.3, 0.4) is 0 Å². The van der Waals surface area contributed by atoms with Crippen molar-refractivity contribution >= 4 is 0 Å². The zero-order valence-electron chi connectivity index (χ0n) is 10.4. The number of ether oxygens (including phenoxy) is 1. The molecular formula is C14H21NO. The van der Waals surface area contributed by atoms with E-state index in [0.717, 1.165) is 19.7 Å². The van der Waals surface area contributed by atoms with Crippen molar-refractivity contribution in [2.24, 2.45) is 0 Å². The molecule has 16 heavy (non-hydrogen) atoms. The summed E-state index contributed by atoms with van der Waals surface area (Å²) < 4.78 is 5.85. The molecule has 0 bridgehead atoms. The van der Waals surface area contributed by atoms with Gasteiger partial charge in [-0.15, -0.1) is 0 Å². The van der Waals surface area contributed by atoms with Crippen molar-refractivity contribution in [1.29, 1.82) is 0 Å². The molecule has 2 nitrogen and oxygen atoms in total. The van der Waals surface area contributed by atoms with Crippen molar-refractivity contribution < 1.29 is 4.74 Å². The van der Waals surface area contributed by atoms with E-state index in [-0.39, 0.29) is 11.6 Å². The van der Waals surface area contributed by atoms with E-state index in [0.29, 0.717) is 0 Å². The maximum Gasteiger partial charge on any atom is 0.0952 e. The Morgan fingerprint density at radius 2 is 1.88 bits per heavy atom. The monoisotopic (exact) mass is 219 g/mol. The van der Waals surface area contributed by atoms with Crippen LogP contribution in [0, 0.1) is 0 Å². The molecule has 0 radical (unpaired) electrons. The highest BCUT2D eigenvalue weighted by Gasteiger charge is 2.28. The van der Waals surface area contributed by atoms with E-state index in [4.69, 9.17) is 4.74 Å². The van der Waals surface area contributed by atoms with Gasteiger partial charge < -0.3 is 4.74 Å². The maximum absolute atomic E-state index is 5.85. The predicted octanol–water partition coefficient (Wildman–Crippen LogP) is 2.86. The molecule has 1 aromatic rings. The van der Waals surface area contributed by atoms with Gasteiger partial charge in [0.25, 0.3) is 0 Å². The van der Waals surface area contributed by atoms with Gasteiger partial charge in [0.1, 0.15) is 0 Å². The second kappa shape index (κ2) is 4.56. The Hall–Kier alpha value is -0.860. The van der Waals surface area contributed by atoms with E-state index >= 15 is 0 Å². The molecule has 2 heteroatoms. The van der Waals surface area contributed by atoms with Crippen LogP contribution in [0.2, 0.25) is 0 Å². The minimum absolute atomic E-state index is 0.231. The van der Waals surface area contributed by atoms with E-state index in [9.17, 15) is 0 Å². The third kappa shape index (κ3) is 2.63. The first-order valence-corrected chi connectivity index (χ1v) is 5.99. The maximum atomic E-state index is 5.85. The Morgan fingerprint density at radius 3 is 2.50 bits per heavy atom. The molecule has 1 aliphatic heterocycles. The lowest BCUT2D eigenvalue weighted by molar-refractivity contribution is -0.0596. The number of nitrogens with zero attached hydrogens (tertiary/aromatic N) is 1. The molecule has 88 valence electrons. The third-order valence-electron chi connectivity index (χ3n) is 3.19. The number of hydrogen-bond donors (Lipinski definition) is 0. The average molecular weight is 219 g/mol. The van der Waals surface area contributed by atoms with E-state index in [1.807, 2.05) is 6.07 Å². The molecule has 1 atom stereocenters. The molecule has 0 aromatic heterocycles. The van der Waals surface area contributed by atoms with Crippen LogP contribution in [0.25, 0.3) is 0 Å². The average Bonchev–Trinajstić information content (AvgIpc) is 2.29. The summed E-state index contributed by atoms with van der Waals surface area (Å²) in [6, 6.07) is 10.5. The zero-order valence-corrected chi connectivity index (χ0v) is 10.4. The molecule has 0 N–H and O–H groups in total. The van der Waals surface area contributed by atoms with Crippen LogP contribution in [-0.2, 0) is 4.74 Å². The van der Waals surface area contributed by atoms with E-state index < -0.39 is 0 Å². The first kappa shape index (κ1) is 11.6. The SMILES string of the molecule is CC(C)(C)N1CCO[C@H](c2ccccc2)C1. The van der Waals surface area contributed by atoms with Gasteiger partial charge in [0.15, 0.2) is 0 Å². The highest BCUT2D eigenvalue weighted by molar-refractivity contribution is 5.18. The van der Waals surface area contributed by atoms with Crippen molar-refractivity contribution in [2.45, 2.75) is 32.4 Å². The summed E-state index contributed by atoms with van der Waals surface area (Å²) in [4.78, 5) is 2.49. The van der Waals surface area contributed by atoms with Gasteiger partial charge in [-0.2, -0.15) is 0 Å². The van der Waals surface area contributed by atoms with E-state index in [2.05, 4.69) is 49.9 Å². The Labute approximate surface area is 98.2 Å². The summed E-state index contributed by atoms with van der Waals surface area (Å²) in [5.74, 6) is 0. The first-order chi connectivity index (χ1) is 7.57. The Balaban J connectivity index is 2.08. The first-order valence-electron chi connectivity index (χ1n) is 5.99. The van der Waals surface area contributed by atoms with Crippen LogP contribution in [0.5, 0.6) is 0 Å². The lowest BCUT2D eigenvalue weighted by atomic mass is 10.0. The minimum atomic E-state index is 0.231. The summed E-state index contributed by atoms with van der Waals surface area (Å²) in [7, 11) is 0. The lowest BCUT2D eigenvalue weighted by Crippen LogP contribution is -2.48. The molecule has 0 saturated carbocycles. The topological polar surface area (TPSA) is 12.5 Å². The van der Waals surface area contributed by atoms with Gasteiger partial charge in [0, 0.05) is 18.6 Å².